The van der Waals surface area contributed by atoms with Crippen LogP contribution in [-0.2, 0) is 0 Å². The molecule has 0 fully saturated rings. The smallest absolute Gasteiger partial charge is 0.159 e. The second-order valence-electron chi connectivity index (χ2n) is 4.89. The zero-order valence-corrected chi connectivity index (χ0v) is 11.4. The molecule has 1 aliphatic rings. The molecular formula is C17H16N2O. The lowest BCUT2D eigenvalue weighted by molar-refractivity contribution is 0.101. The van der Waals surface area contributed by atoms with Gasteiger partial charge in [-0.15, -0.1) is 0 Å². The van der Waals surface area contributed by atoms with Gasteiger partial charge in [0.2, 0.25) is 0 Å². The number of hydrazone groups is 1. The van der Waals surface area contributed by atoms with E-state index in [-0.39, 0.29) is 5.78 Å². The third-order valence-corrected chi connectivity index (χ3v) is 3.48. The standard InChI is InChI=1S/C17H16N2O/c1-13(20)14-7-9-16(10-8-14)19-12-11-17(18-19)15-5-3-2-4-6-15/h2-10H,11-12H2,1H3. The van der Waals surface area contributed by atoms with E-state index in [1.807, 2.05) is 47.5 Å². The molecule has 2 aromatic rings. The number of Topliss-reactive ketones (excluding diaryl/α,β-unsaturated/α-hetero) is 1. The average molecular weight is 264 g/mol. The van der Waals surface area contributed by atoms with Crippen LogP contribution in [-0.4, -0.2) is 18.0 Å². The molecule has 2 aromatic carbocycles. The van der Waals surface area contributed by atoms with Gasteiger partial charge in [-0.3, -0.25) is 9.80 Å². The fourth-order valence-corrected chi connectivity index (χ4v) is 2.35. The molecule has 0 amide bonds. The van der Waals surface area contributed by atoms with Gasteiger partial charge < -0.3 is 0 Å². The van der Waals surface area contributed by atoms with Crippen LogP contribution in [0.2, 0.25) is 0 Å². The summed E-state index contributed by atoms with van der Waals surface area (Å²) in [6.07, 6.45) is 0.943. The van der Waals surface area contributed by atoms with Crippen molar-refractivity contribution in [1.29, 1.82) is 0 Å². The molecule has 0 bridgehead atoms. The Morgan fingerprint density at radius 2 is 1.75 bits per heavy atom. The molecule has 3 rings (SSSR count). The van der Waals surface area contributed by atoms with Gasteiger partial charge in [-0.05, 0) is 36.8 Å². The zero-order chi connectivity index (χ0) is 13.9. The molecule has 3 nitrogen and oxygen atoms in total. The maximum atomic E-state index is 11.3. The van der Waals surface area contributed by atoms with Gasteiger partial charge in [0.1, 0.15) is 0 Å². The molecular weight excluding hydrogens is 248 g/mol. The first-order chi connectivity index (χ1) is 9.74. The third-order valence-electron chi connectivity index (χ3n) is 3.48. The Morgan fingerprint density at radius 1 is 1.05 bits per heavy atom. The van der Waals surface area contributed by atoms with Crippen LogP contribution in [0.1, 0.15) is 29.3 Å². The monoisotopic (exact) mass is 264 g/mol. The molecule has 1 aliphatic heterocycles. The topological polar surface area (TPSA) is 32.7 Å². The van der Waals surface area contributed by atoms with Gasteiger partial charge in [-0.25, -0.2) is 0 Å². The van der Waals surface area contributed by atoms with Gasteiger partial charge >= 0.3 is 0 Å². The van der Waals surface area contributed by atoms with Crippen LogP contribution in [0.5, 0.6) is 0 Å². The van der Waals surface area contributed by atoms with Crippen molar-refractivity contribution >= 4 is 17.2 Å². The van der Waals surface area contributed by atoms with E-state index in [2.05, 4.69) is 17.2 Å². The average Bonchev–Trinajstić information content (AvgIpc) is 2.98. The normalized spacial score (nSPS) is 14.2. The van der Waals surface area contributed by atoms with Crippen LogP contribution in [0.3, 0.4) is 0 Å². The summed E-state index contributed by atoms with van der Waals surface area (Å²) in [4.78, 5) is 11.3. The van der Waals surface area contributed by atoms with E-state index in [4.69, 9.17) is 0 Å². The molecule has 0 aliphatic carbocycles. The Kier molecular flexibility index (Phi) is 3.33. The minimum atomic E-state index is 0.0893. The quantitative estimate of drug-likeness (QED) is 0.795. The summed E-state index contributed by atoms with van der Waals surface area (Å²) >= 11 is 0. The van der Waals surface area contributed by atoms with Gasteiger partial charge in [-0.1, -0.05) is 30.3 Å². The van der Waals surface area contributed by atoms with Crippen molar-refractivity contribution in [2.45, 2.75) is 13.3 Å². The highest BCUT2D eigenvalue weighted by atomic mass is 16.1. The van der Waals surface area contributed by atoms with Crippen LogP contribution in [0.15, 0.2) is 59.7 Å². The Hall–Kier alpha value is -2.42. The number of rotatable bonds is 3. The van der Waals surface area contributed by atoms with E-state index in [0.29, 0.717) is 0 Å². The third kappa shape index (κ3) is 2.48. The van der Waals surface area contributed by atoms with Crippen molar-refractivity contribution in [3.05, 3.63) is 65.7 Å². The minimum absolute atomic E-state index is 0.0893. The Bertz CT molecular complexity index is 644. The molecule has 0 N–H and O–H groups in total. The van der Waals surface area contributed by atoms with Crippen molar-refractivity contribution in [2.75, 3.05) is 11.6 Å². The highest BCUT2D eigenvalue weighted by molar-refractivity contribution is 6.02. The number of hydrogen-bond acceptors (Lipinski definition) is 3. The second kappa shape index (κ2) is 5.29. The lowest BCUT2D eigenvalue weighted by Gasteiger charge is -2.13. The Balaban J connectivity index is 1.82. The maximum Gasteiger partial charge on any atom is 0.159 e. The van der Waals surface area contributed by atoms with Crippen LogP contribution in [0, 0.1) is 0 Å². The number of anilines is 1. The van der Waals surface area contributed by atoms with Crippen LogP contribution in [0.4, 0.5) is 5.69 Å². The summed E-state index contributed by atoms with van der Waals surface area (Å²) < 4.78 is 0. The van der Waals surface area contributed by atoms with E-state index < -0.39 is 0 Å². The summed E-state index contributed by atoms with van der Waals surface area (Å²) in [6, 6.07) is 17.9. The Labute approximate surface area is 118 Å². The van der Waals surface area contributed by atoms with E-state index in [1.165, 1.54) is 5.56 Å². The minimum Gasteiger partial charge on any atom is -0.295 e. The molecule has 3 heteroatoms. The van der Waals surface area contributed by atoms with Gasteiger partial charge in [0.15, 0.2) is 5.78 Å². The highest BCUT2D eigenvalue weighted by Crippen LogP contribution is 2.22. The number of hydrogen-bond donors (Lipinski definition) is 0. The first kappa shape index (κ1) is 12.6. The van der Waals surface area contributed by atoms with Crippen LogP contribution < -0.4 is 5.01 Å². The lowest BCUT2D eigenvalue weighted by atomic mass is 10.1. The number of carbonyl (C=O) groups is 1. The summed E-state index contributed by atoms with van der Waals surface area (Å²) in [5.74, 6) is 0.0893. The first-order valence-electron chi connectivity index (χ1n) is 6.75. The van der Waals surface area contributed by atoms with Crippen molar-refractivity contribution in [2.24, 2.45) is 5.10 Å². The molecule has 0 aromatic heterocycles. The van der Waals surface area contributed by atoms with Gasteiger partial charge in [0.25, 0.3) is 0 Å². The summed E-state index contributed by atoms with van der Waals surface area (Å²) in [6.45, 7) is 2.46. The second-order valence-corrected chi connectivity index (χ2v) is 4.89. The van der Waals surface area contributed by atoms with Gasteiger partial charge in [0, 0.05) is 18.5 Å². The molecule has 0 spiro atoms. The molecule has 20 heavy (non-hydrogen) atoms. The number of nitrogens with zero attached hydrogens (tertiary/aromatic N) is 2. The van der Waals surface area contributed by atoms with E-state index in [1.54, 1.807) is 6.92 Å². The first-order valence-corrected chi connectivity index (χ1v) is 6.75. The predicted octanol–water partition coefficient (Wildman–Crippen LogP) is 3.50. The van der Waals surface area contributed by atoms with Crippen molar-refractivity contribution < 1.29 is 4.79 Å². The molecule has 0 atom stereocenters. The fourth-order valence-electron chi connectivity index (χ4n) is 2.35. The fraction of sp³-hybridized carbons (Fsp3) is 0.176. The van der Waals surface area contributed by atoms with Gasteiger partial charge in [-0.2, -0.15) is 5.10 Å². The van der Waals surface area contributed by atoms with Gasteiger partial charge in [0.05, 0.1) is 11.4 Å². The number of benzene rings is 2. The van der Waals surface area contributed by atoms with E-state index >= 15 is 0 Å². The summed E-state index contributed by atoms with van der Waals surface area (Å²) in [5.41, 5.74) is 4.05. The molecule has 0 unspecified atom stereocenters. The molecule has 1 heterocycles. The predicted molar refractivity (Wildman–Crippen MR) is 81.4 cm³/mol. The van der Waals surface area contributed by atoms with Crippen molar-refractivity contribution in [3.8, 4) is 0 Å². The van der Waals surface area contributed by atoms with Crippen LogP contribution >= 0.6 is 0 Å². The van der Waals surface area contributed by atoms with E-state index in [9.17, 15) is 4.79 Å². The molecule has 0 radical (unpaired) electrons. The largest absolute Gasteiger partial charge is 0.295 e. The Morgan fingerprint density at radius 3 is 2.40 bits per heavy atom. The highest BCUT2D eigenvalue weighted by Gasteiger charge is 2.17. The van der Waals surface area contributed by atoms with Crippen LogP contribution in [0.25, 0.3) is 0 Å². The molecule has 0 saturated carbocycles. The summed E-state index contributed by atoms with van der Waals surface area (Å²) in [7, 11) is 0. The summed E-state index contributed by atoms with van der Waals surface area (Å²) in [5, 5.41) is 6.66. The molecule has 0 saturated heterocycles. The lowest BCUT2D eigenvalue weighted by Crippen LogP contribution is -2.11. The zero-order valence-electron chi connectivity index (χ0n) is 11.4. The maximum absolute atomic E-state index is 11.3. The van der Waals surface area contributed by atoms with E-state index in [0.717, 1.165) is 29.9 Å². The SMILES string of the molecule is CC(=O)c1ccc(N2CCC(c3ccccc3)=N2)cc1. The molecule has 100 valence electrons. The van der Waals surface area contributed by atoms with Crippen molar-refractivity contribution in [3.63, 3.8) is 0 Å². The number of carbonyl (C=O) groups excluding carboxylic acids is 1. The number of ketones is 1. The van der Waals surface area contributed by atoms with Crippen molar-refractivity contribution in [1.82, 2.24) is 0 Å².